The van der Waals surface area contributed by atoms with Crippen molar-refractivity contribution in [3.63, 3.8) is 0 Å². The van der Waals surface area contributed by atoms with Crippen LogP contribution >= 0.6 is 11.3 Å². The van der Waals surface area contributed by atoms with Crippen molar-refractivity contribution < 1.29 is 14.2 Å². The number of benzene rings is 1. The highest BCUT2D eigenvalue weighted by molar-refractivity contribution is 7.10. The van der Waals surface area contributed by atoms with Crippen LogP contribution in [0, 0.1) is 0 Å². The van der Waals surface area contributed by atoms with Crippen LogP contribution in [0.5, 0.6) is 17.2 Å². The smallest absolute Gasteiger partial charge is 0.134 e. The van der Waals surface area contributed by atoms with E-state index in [2.05, 4.69) is 12.2 Å². The van der Waals surface area contributed by atoms with E-state index in [-0.39, 0.29) is 6.04 Å². The largest absolute Gasteiger partial charge is 0.497 e. The van der Waals surface area contributed by atoms with Crippen molar-refractivity contribution in [3.8, 4) is 17.2 Å². The van der Waals surface area contributed by atoms with Gasteiger partial charge < -0.3 is 19.5 Å². The predicted octanol–water partition coefficient (Wildman–Crippen LogP) is 3.47. The molecule has 4 nitrogen and oxygen atoms in total. The predicted molar refractivity (Wildman–Crippen MR) is 85.9 cm³/mol. The van der Waals surface area contributed by atoms with Gasteiger partial charge in [0.15, 0.2) is 0 Å². The molecule has 0 amide bonds. The first kappa shape index (κ1) is 15.7. The lowest BCUT2D eigenvalue weighted by Gasteiger charge is -2.21. The van der Waals surface area contributed by atoms with E-state index >= 15 is 0 Å². The van der Waals surface area contributed by atoms with Crippen molar-refractivity contribution >= 4 is 11.3 Å². The summed E-state index contributed by atoms with van der Waals surface area (Å²) in [5.74, 6) is 2.53. The lowest BCUT2D eigenvalue weighted by molar-refractivity contribution is 0.390. The maximum absolute atomic E-state index is 5.51. The number of methoxy groups -OCH3 is 3. The molecule has 5 heteroatoms. The average Bonchev–Trinajstić information content (AvgIpc) is 3.00. The summed E-state index contributed by atoms with van der Waals surface area (Å²) in [6.45, 7) is 2.92. The Morgan fingerprint density at radius 3 is 2.43 bits per heavy atom. The van der Waals surface area contributed by atoms with Crippen LogP contribution in [0.2, 0.25) is 0 Å². The van der Waals surface area contributed by atoms with Crippen LogP contribution in [0.4, 0.5) is 0 Å². The van der Waals surface area contributed by atoms with Gasteiger partial charge in [0.25, 0.3) is 0 Å². The van der Waals surface area contributed by atoms with E-state index < -0.39 is 0 Å². The first-order valence-corrected chi connectivity index (χ1v) is 7.69. The fraction of sp³-hybridized carbons (Fsp3) is 0.375. The molecule has 0 aliphatic heterocycles. The highest BCUT2D eigenvalue weighted by Gasteiger charge is 2.22. The minimum Gasteiger partial charge on any atom is -0.497 e. The Morgan fingerprint density at radius 2 is 1.81 bits per heavy atom. The minimum atomic E-state index is 0.00926. The summed E-state index contributed by atoms with van der Waals surface area (Å²) in [5, 5.41) is 5.53. The van der Waals surface area contributed by atoms with Crippen molar-refractivity contribution in [2.45, 2.75) is 13.0 Å². The number of nitrogens with one attached hydrogen (secondary N) is 1. The van der Waals surface area contributed by atoms with Crippen LogP contribution in [0.3, 0.4) is 0 Å². The molecule has 0 bridgehead atoms. The lowest BCUT2D eigenvalue weighted by Crippen LogP contribution is -2.22. The zero-order chi connectivity index (χ0) is 15.2. The molecule has 2 rings (SSSR count). The zero-order valence-electron chi connectivity index (χ0n) is 12.8. The highest BCUT2D eigenvalue weighted by Crippen LogP contribution is 2.39. The molecule has 0 spiro atoms. The van der Waals surface area contributed by atoms with Crippen LogP contribution in [-0.4, -0.2) is 27.9 Å². The van der Waals surface area contributed by atoms with E-state index in [1.807, 2.05) is 29.6 Å². The molecule has 0 fully saturated rings. The number of ether oxygens (including phenoxy) is 3. The molecule has 1 N–H and O–H groups in total. The van der Waals surface area contributed by atoms with Gasteiger partial charge in [-0.2, -0.15) is 0 Å². The van der Waals surface area contributed by atoms with Gasteiger partial charge in [0.05, 0.1) is 32.2 Å². The van der Waals surface area contributed by atoms with E-state index in [0.29, 0.717) is 0 Å². The quantitative estimate of drug-likeness (QED) is 0.850. The van der Waals surface area contributed by atoms with Gasteiger partial charge in [-0.25, -0.2) is 0 Å². The van der Waals surface area contributed by atoms with Gasteiger partial charge in [0.2, 0.25) is 0 Å². The first-order chi connectivity index (χ1) is 10.2. The number of hydrogen-bond donors (Lipinski definition) is 1. The van der Waals surface area contributed by atoms with E-state index in [0.717, 1.165) is 34.2 Å². The fourth-order valence-corrected chi connectivity index (χ4v) is 3.25. The van der Waals surface area contributed by atoms with Gasteiger partial charge in [-0.15, -0.1) is 11.3 Å². The Hall–Kier alpha value is -1.72. The fourth-order valence-electron chi connectivity index (χ4n) is 2.30. The molecule has 1 aromatic carbocycles. The van der Waals surface area contributed by atoms with Gasteiger partial charge in [-0.1, -0.05) is 6.92 Å². The molecular weight excluding hydrogens is 286 g/mol. The summed E-state index contributed by atoms with van der Waals surface area (Å²) in [6.07, 6.45) is 0. The molecule has 21 heavy (non-hydrogen) atoms. The van der Waals surface area contributed by atoms with Crippen molar-refractivity contribution in [2.24, 2.45) is 0 Å². The Morgan fingerprint density at radius 1 is 1.05 bits per heavy atom. The molecule has 0 aliphatic carbocycles. The molecule has 114 valence electrons. The number of thiophene rings is 1. The highest BCUT2D eigenvalue weighted by atomic mass is 32.1. The first-order valence-electron chi connectivity index (χ1n) is 6.81. The SMILES string of the molecule is CCNC(c1cc(OC)ccc1OC)c1sccc1OC. The topological polar surface area (TPSA) is 39.7 Å². The summed E-state index contributed by atoms with van der Waals surface area (Å²) in [4.78, 5) is 1.13. The van der Waals surface area contributed by atoms with Gasteiger partial charge in [-0.3, -0.25) is 0 Å². The molecule has 1 heterocycles. The summed E-state index contributed by atoms with van der Waals surface area (Å²) < 4.78 is 16.3. The van der Waals surface area contributed by atoms with E-state index in [4.69, 9.17) is 14.2 Å². The molecule has 0 saturated heterocycles. The monoisotopic (exact) mass is 307 g/mol. The molecule has 1 unspecified atom stereocenters. The van der Waals surface area contributed by atoms with E-state index in [1.165, 1.54) is 0 Å². The third kappa shape index (κ3) is 3.31. The maximum atomic E-state index is 5.51. The molecule has 2 aromatic rings. The van der Waals surface area contributed by atoms with Crippen LogP contribution in [-0.2, 0) is 0 Å². The average molecular weight is 307 g/mol. The second kappa shape index (κ2) is 7.33. The summed E-state index contributed by atoms with van der Waals surface area (Å²) >= 11 is 1.67. The summed E-state index contributed by atoms with van der Waals surface area (Å²) in [6, 6.07) is 7.83. The van der Waals surface area contributed by atoms with Gasteiger partial charge >= 0.3 is 0 Å². The van der Waals surface area contributed by atoms with Crippen LogP contribution in [0.1, 0.15) is 23.4 Å². The molecule has 1 atom stereocenters. The molecule has 0 aliphatic rings. The number of rotatable bonds is 7. The van der Waals surface area contributed by atoms with Crippen LogP contribution in [0.25, 0.3) is 0 Å². The third-order valence-corrected chi connectivity index (χ3v) is 4.26. The maximum Gasteiger partial charge on any atom is 0.134 e. The van der Waals surface area contributed by atoms with Crippen molar-refractivity contribution in [1.29, 1.82) is 0 Å². The zero-order valence-corrected chi connectivity index (χ0v) is 13.6. The van der Waals surface area contributed by atoms with Crippen LogP contribution < -0.4 is 19.5 Å². The minimum absolute atomic E-state index is 0.00926. The molecule has 0 saturated carbocycles. The lowest BCUT2D eigenvalue weighted by atomic mass is 10.0. The Labute approximate surface area is 129 Å². The van der Waals surface area contributed by atoms with Gasteiger partial charge in [0, 0.05) is 5.56 Å². The van der Waals surface area contributed by atoms with E-state index in [9.17, 15) is 0 Å². The second-order valence-electron chi connectivity index (χ2n) is 4.45. The molecule has 1 aromatic heterocycles. The molecule has 0 radical (unpaired) electrons. The second-order valence-corrected chi connectivity index (χ2v) is 5.40. The van der Waals surface area contributed by atoms with Gasteiger partial charge in [0.1, 0.15) is 17.2 Å². The summed E-state index contributed by atoms with van der Waals surface area (Å²) in [5.41, 5.74) is 1.04. The Balaban J connectivity index is 2.51. The number of hydrogen-bond acceptors (Lipinski definition) is 5. The molecular formula is C16H21NO3S. The Bertz CT molecular complexity index is 583. The summed E-state index contributed by atoms with van der Waals surface area (Å²) in [7, 11) is 5.04. The van der Waals surface area contributed by atoms with Crippen LogP contribution in [0.15, 0.2) is 29.6 Å². The standard InChI is InChI=1S/C16H21NO3S/c1-5-17-15(16-14(20-4)8-9-21-16)12-10-11(18-2)6-7-13(12)19-3/h6-10,15,17H,5H2,1-4H3. The normalized spacial score (nSPS) is 12.0. The van der Waals surface area contributed by atoms with Crippen molar-refractivity contribution in [2.75, 3.05) is 27.9 Å². The van der Waals surface area contributed by atoms with Gasteiger partial charge in [-0.05, 0) is 36.2 Å². The third-order valence-electron chi connectivity index (χ3n) is 3.30. The van der Waals surface area contributed by atoms with Crippen molar-refractivity contribution in [3.05, 3.63) is 40.1 Å². The Kier molecular flexibility index (Phi) is 5.47. The van der Waals surface area contributed by atoms with Crippen molar-refractivity contribution in [1.82, 2.24) is 5.32 Å². The van der Waals surface area contributed by atoms with E-state index in [1.54, 1.807) is 32.7 Å².